The van der Waals surface area contributed by atoms with Gasteiger partial charge in [-0.3, -0.25) is 9.36 Å². The third kappa shape index (κ3) is 3.92. The van der Waals surface area contributed by atoms with Crippen molar-refractivity contribution in [2.24, 2.45) is 5.41 Å². The number of aryl methyl sites for hydroxylation is 1. The first-order chi connectivity index (χ1) is 9.19. The van der Waals surface area contributed by atoms with Gasteiger partial charge in [0, 0.05) is 17.8 Å². The fourth-order valence-electron chi connectivity index (χ4n) is 2.38. The van der Waals surface area contributed by atoms with Crippen LogP contribution in [0.1, 0.15) is 51.6 Å². The fraction of sp³-hybridized carbons (Fsp3) is 0.667. The molecule has 1 heterocycles. The molecule has 0 radical (unpaired) electrons. The number of hydrogen-bond donors (Lipinski definition) is 1. The summed E-state index contributed by atoms with van der Waals surface area (Å²) in [5.41, 5.74) is 1.77. The molecule has 0 fully saturated rings. The van der Waals surface area contributed by atoms with E-state index < -0.39 is 5.97 Å². The van der Waals surface area contributed by atoms with Crippen LogP contribution in [0.2, 0.25) is 0 Å². The molecule has 0 aliphatic rings. The van der Waals surface area contributed by atoms with E-state index in [-0.39, 0.29) is 17.5 Å². The monoisotopic (exact) mass is 280 g/mol. The van der Waals surface area contributed by atoms with Gasteiger partial charge in [0.2, 0.25) is 0 Å². The minimum Gasteiger partial charge on any atom is -0.481 e. The Hall–Kier alpha value is -1.65. The molecule has 20 heavy (non-hydrogen) atoms. The Morgan fingerprint density at radius 2 is 1.85 bits per heavy atom. The summed E-state index contributed by atoms with van der Waals surface area (Å²) in [6.07, 6.45) is 1.12. The number of carboxylic acids is 1. The van der Waals surface area contributed by atoms with Gasteiger partial charge in [-0.15, -0.1) is 0 Å². The number of carbonyl (C=O) groups is 1. The highest BCUT2D eigenvalue weighted by atomic mass is 16.4. The first kappa shape index (κ1) is 16.4. The summed E-state index contributed by atoms with van der Waals surface area (Å²) in [4.78, 5) is 27.4. The van der Waals surface area contributed by atoms with E-state index in [1.54, 1.807) is 4.57 Å². The second-order valence-electron chi connectivity index (χ2n) is 6.19. The Morgan fingerprint density at radius 3 is 2.25 bits per heavy atom. The number of aliphatic carboxylic acids is 1. The maximum absolute atomic E-state index is 12.2. The topological polar surface area (TPSA) is 72.2 Å². The number of hydrogen-bond acceptors (Lipinski definition) is 3. The lowest BCUT2D eigenvalue weighted by Crippen LogP contribution is -2.34. The Kier molecular flexibility index (Phi) is 5.09. The average Bonchev–Trinajstić information content (AvgIpc) is 2.31. The summed E-state index contributed by atoms with van der Waals surface area (Å²) < 4.78 is 1.64. The molecule has 0 aliphatic heterocycles. The van der Waals surface area contributed by atoms with Crippen LogP contribution in [0.5, 0.6) is 0 Å². The smallest absolute Gasteiger partial charge is 0.348 e. The molecule has 0 saturated heterocycles. The lowest BCUT2D eigenvalue weighted by molar-refractivity contribution is -0.136. The Balaban J connectivity index is 3.51. The minimum atomic E-state index is -0.892. The van der Waals surface area contributed by atoms with Gasteiger partial charge in [0.05, 0.1) is 12.1 Å². The Morgan fingerprint density at radius 1 is 1.25 bits per heavy atom. The molecule has 1 aromatic rings. The second kappa shape index (κ2) is 6.20. The van der Waals surface area contributed by atoms with Gasteiger partial charge in [-0.2, -0.15) is 4.98 Å². The molecule has 0 saturated carbocycles. The van der Waals surface area contributed by atoms with E-state index in [0.717, 1.165) is 5.69 Å². The van der Waals surface area contributed by atoms with Crippen molar-refractivity contribution in [2.75, 3.05) is 0 Å². The summed E-state index contributed by atoms with van der Waals surface area (Å²) in [7, 11) is 0. The second-order valence-corrected chi connectivity index (χ2v) is 6.19. The van der Waals surface area contributed by atoms with Crippen LogP contribution < -0.4 is 5.69 Å². The lowest BCUT2D eigenvalue weighted by Gasteiger charge is -2.24. The fourth-order valence-corrected chi connectivity index (χ4v) is 2.38. The van der Waals surface area contributed by atoms with Crippen molar-refractivity contribution < 1.29 is 9.90 Å². The molecule has 112 valence electrons. The molecule has 0 aliphatic carbocycles. The van der Waals surface area contributed by atoms with E-state index in [2.05, 4.69) is 4.98 Å². The van der Waals surface area contributed by atoms with Gasteiger partial charge >= 0.3 is 11.7 Å². The van der Waals surface area contributed by atoms with Crippen LogP contribution in [0.3, 0.4) is 0 Å². The molecular weight excluding hydrogens is 256 g/mol. The van der Waals surface area contributed by atoms with E-state index in [9.17, 15) is 9.59 Å². The van der Waals surface area contributed by atoms with Crippen LogP contribution in [0.15, 0.2) is 4.79 Å². The maximum Gasteiger partial charge on any atom is 0.348 e. The van der Waals surface area contributed by atoms with Crippen molar-refractivity contribution in [1.29, 1.82) is 0 Å². The third-order valence-corrected chi connectivity index (χ3v) is 3.11. The third-order valence-electron chi connectivity index (χ3n) is 3.11. The maximum atomic E-state index is 12.2. The molecule has 0 aromatic carbocycles. The van der Waals surface area contributed by atoms with Crippen molar-refractivity contribution in [2.45, 2.75) is 60.4 Å². The van der Waals surface area contributed by atoms with Gasteiger partial charge in [0.1, 0.15) is 0 Å². The minimum absolute atomic E-state index is 0.0658. The first-order valence-corrected chi connectivity index (χ1v) is 7.02. The van der Waals surface area contributed by atoms with E-state index in [0.29, 0.717) is 30.6 Å². The SMILES string of the molecule is CCc1nc(=O)n(CC(C)(C)C)c(CC)c1CC(=O)O. The normalized spacial score (nSPS) is 11.7. The summed E-state index contributed by atoms with van der Waals surface area (Å²) in [6, 6.07) is 0. The zero-order chi connectivity index (χ0) is 15.5. The van der Waals surface area contributed by atoms with Crippen LogP contribution in [-0.2, 0) is 30.6 Å². The van der Waals surface area contributed by atoms with E-state index in [4.69, 9.17) is 5.11 Å². The van der Waals surface area contributed by atoms with Crippen LogP contribution in [-0.4, -0.2) is 20.6 Å². The molecule has 1 aromatic heterocycles. The predicted molar refractivity (Wildman–Crippen MR) is 78.0 cm³/mol. The lowest BCUT2D eigenvalue weighted by atomic mass is 9.95. The standard InChI is InChI=1S/C15H24N2O3/c1-6-11-10(8-13(18)19)12(7-2)17(14(20)16-11)9-15(3,4)5/h6-9H2,1-5H3,(H,18,19). The van der Waals surface area contributed by atoms with Crippen molar-refractivity contribution in [3.8, 4) is 0 Å². The molecule has 0 amide bonds. The molecular formula is C15H24N2O3. The van der Waals surface area contributed by atoms with Gasteiger partial charge in [-0.25, -0.2) is 4.79 Å². The summed E-state index contributed by atoms with van der Waals surface area (Å²) in [5, 5.41) is 9.08. The zero-order valence-corrected chi connectivity index (χ0v) is 13.0. The van der Waals surface area contributed by atoms with Gasteiger partial charge in [-0.1, -0.05) is 34.6 Å². The molecule has 5 heteroatoms. The van der Waals surface area contributed by atoms with Gasteiger partial charge < -0.3 is 5.11 Å². The molecule has 1 rings (SSSR count). The van der Waals surface area contributed by atoms with Crippen LogP contribution in [0.4, 0.5) is 0 Å². The van der Waals surface area contributed by atoms with Gasteiger partial charge in [-0.05, 0) is 18.3 Å². The molecule has 5 nitrogen and oxygen atoms in total. The summed E-state index contributed by atoms with van der Waals surface area (Å²) >= 11 is 0. The van der Waals surface area contributed by atoms with Crippen molar-refractivity contribution in [3.63, 3.8) is 0 Å². The molecule has 0 bridgehead atoms. The Bertz CT molecular complexity index is 553. The summed E-state index contributed by atoms with van der Waals surface area (Å²) in [5.74, 6) is -0.892. The van der Waals surface area contributed by atoms with Crippen molar-refractivity contribution in [1.82, 2.24) is 9.55 Å². The molecule has 0 atom stereocenters. The number of nitrogens with zero attached hydrogens (tertiary/aromatic N) is 2. The largest absolute Gasteiger partial charge is 0.481 e. The first-order valence-electron chi connectivity index (χ1n) is 7.02. The van der Waals surface area contributed by atoms with Crippen LogP contribution in [0.25, 0.3) is 0 Å². The van der Waals surface area contributed by atoms with E-state index in [1.807, 2.05) is 34.6 Å². The van der Waals surface area contributed by atoms with Gasteiger partial charge in [0.15, 0.2) is 0 Å². The zero-order valence-electron chi connectivity index (χ0n) is 13.0. The number of carboxylic acid groups (broad SMARTS) is 1. The quantitative estimate of drug-likeness (QED) is 0.896. The van der Waals surface area contributed by atoms with Crippen LogP contribution in [0, 0.1) is 5.41 Å². The van der Waals surface area contributed by atoms with Crippen molar-refractivity contribution in [3.05, 3.63) is 27.4 Å². The molecule has 0 unspecified atom stereocenters. The Labute approximate surface area is 119 Å². The molecule has 0 spiro atoms. The van der Waals surface area contributed by atoms with Gasteiger partial charge in [0.25, 0.3) is 0 Å². The van der Waals surface area contributed by atoms with E-state index >= 15 is 0 Å². The highest BCUT2D eigenvalue weighted by Gasteiger charge is 2.20. The highest BCUT2D eigenvalue weighted by molar-refractivity contribution is 5.71. The number of rotatable bonds is 5. The molecule has 1 N–H and O–H groups in total. The highest BCUT2D eigenvalue weighted by Crippen LogP contribution is 2.20. The van der Waals surface area contributed by atoms with E-state index in [1.165, 1.54) is 0 Å². The average molecular weight is 280 g/mol. The predicted octanol–water partition coefficient (Wildman–Crippen LogP) is 2.04. The number of aromatic nitrogens is 2. The summed E-state index contributed by atoms with van der Waals surface area (Å²) in [6.45, 7) is 10.5. The van der Waals surface area contributed by atoms with Crippen LogP contribution >= 0.6 is 0 Å². The van der Waals surface area contributed by atoms with Crippen molar-refractivity contribution >= 4 is 5.97 Å².